The predicted octanol–water partition coefficient (Wildman–Crippen LogP) is 1.51. The van der Waals surface area contributed by atoms with Crippen molar-refractivity contribution in [3.05, 3.63) is 41.0 Å². The van der Waals surface area contributed by atoms with Gasteiger partial charge >= 0.3 is 0 Å². The SMILES string of the molecule is Cc1cccc(CNS(=O)(=O)c2cc(N)cs2)n1. The average Bonchev–Trinajstić information content (AvgIpc) is 2.74. The van der Waals surface area contributed by atoms with Gasteiger partial charge in [0.1, 0.15) is 4.21 Å². The first-order chi connectivity index (χ1) is 8.47. The van der Waals surface area contributed by atoms with E-state index in [0.717, 1.165) is 17.0 Å². The Balaban J connectivity index is 2.10. The molecule has 0 bridgehead atoms. The zero-order chi connectivity index (χ0) is 13.2. The first kappa shape index (κ1) is 13.0. The summed E-state index contributed by atoms with van der Waals surface area (Å²) in [6, 6.07) is 6.92. The van der Waals surface area contributed by atoms with Crippen molar-refractivity contribution in [3.8, 4) is 0 Å². The normalized spacial score (nSPS) is 11.6. The van der Waals surface area contributed by atoms with Gasteiger partial charge in [-0.3, -0.25) is 4.98 Å². The number of nitrogens with zero attached hydrogens (tertiary/aromatic N) is 1. The fraction of sp³-hybridized carbons (Fsp3) is 0.182. The van der Waals surface area contributed by atoms with Gasteiger partial charge in [-0.2, -0.15) is 0 Å². The van der Waals surface area contributed by atoms with Crippen LogP contribution in [0.4, 0.5) is 5.69 Å². The maximum atomic E-state index is 11.9. The van der Waals surface area contributed by atoms with Crippen LogP contribution in [0.1, 0.15) is 11.4 Å². The van der Waals surface area contributed by atoms with Crippen molar-refractivity contribution in [1.82, 2.24) is 9.71 Å². The van der Waals surface area contributed by atoms with Crippen LogP contribution in [0.2, 0.25) is 0 Å². The maximum absolute atomic E-state index is 11.9. The van der Waals surface area contributed by atoms with Crippen LogP contribution in [-0.2, 0) is 16.6 Å². The summed E-state index contributed by atoms with van der Waals surface area (Å²) in [7, 11) is -3.50. The number of thiophene rings is 1. The van der Waals surface area contributed by atoms with Gasteiger partial charge in [0.15, 0.2) is 0 Å². The third kappa shape index (κ3) is 3.06. The summed E-state index contributed by atoms with van der Waals surface area (Å²) in [4.78, 5) is 4.23. The van der Waals surface area contributed by atoms with E-state index in [1.165, 1.54) is 6.07 Å². The van der Waals surface area contributed by atoms with E-state index in [0.29, 0.717) is 11.4 Å². The van der Waals surface area contributed by atoms with Gasteiger partial charge in [0, 0.05) is 16.8 Å². The number of hydrogen-bond acceptors (Lipinski definition) is 5. The lowest BCUT2D eigenvalue weighted by atomic mass is 10.3. The van der Waals surface area contributed by atoms with E-state index in [1.807, 2.05) is 19.1 Å². The minimum Gasteiger partial charge on any atom is -0.398 e. The number of aryl methyl sites for hydroxylation is 1. The van der Waals surface area contributed by atoms with E-state index in [9.17, 15) is 8.42 Å². The van der Waals surface area contributed by atoms with E-state index in [2.05, 4.69) is 9.71 Å². The third-order valence-corrected chi connectivity index (χ3v) is 5.11. The van der Waals surface area contributed by atoms with Gasteiger partial charge in [-0.05, 0) is 25.1 Å². The third-order valence-electron chi connectivity index (χ3n) is 2.25. The smallest absolute Gasteiger partial charge is 0.250 e. The average molecular weight is 283 g/mol. The number of nitrogens with two attached hydrogens (primary N) is 1. The topological polar surface area (TPSA) is 85.1 Å². The fourth-order valence-corrected chi connectivity index (χ4v) is 3.53. The molecule has 0 saturated carbocycles. The summed E-state index contributed by atoms with van der Waals surface area (Å²) in [6.45, 7) is 2.03. The summed E-state index contributed by atoms with van der Waals surface area (Å²) in [6.07, 6.45) is 0. The van der Waals surface area contributed by atoms with Crippen LogP contribution in [0.5, 0.6) is 0 Å². The Bertz CT molecular complexity index is 650. The second kappa shape index (κ2) is 5.05. The van der Waals surface area contributed by atoms with Crippen LogP contribution in [0.15, 0.2) is 33.9 Å². The molecule has 3 N–H and O–H groups in total. The van der Waals surface area contributed by atoms with Crippen LogP contribution < -0.4 is 10.5 Å². The van der Waals surface area contributed by atoms with Gasteiger partial charge in [-0.1, -0.05) is 6.07 Å². The molecule has 2 heterocycles. The van der Waals surface area contributed by atoms with Crippen LogP contribution >= 0.6 is 11.3 Å². The van der Waals surface area contributed by atoms with Gasteiger partial charge in [0.25, 0.3) is 0 Å². The zero-order valence-corrected chi connectivity index (χ0v) is 11.4. The first-order valence-electron chi connectivity index (χ1n) is 5.23. The molecular weight excluding hydrogens is 270 g/mol. The quantitative estimate of drug-likeness (QED) is 0.890. The van der Waals surface area contributed by atoms with E-state index in [-0.39, 0.29) is 10.8 Å². The van der Waals surface area contributed by atoms with Gasteiger partial charge < -0.3 is 5.73 Å². The molecule has 5 nitrogen and oxygen atoms in total. The van der Waals surface area contributed by atoms with E-state index >= 15 is 0 Å². The molecule has 0 radical (unpaired) electrons. The number of pyridine rings is 1. The van der Waals surface area contributed by atoms with E-state index < -0.39 is 10.0 Å². The number of hydrogen-bond donors (Lipinski definition) is 2. The summed E-state index contributed by atoms with van der Waals surface area (Å²) < 4.78 is 26.6. The molecule has 0 fully saturated rings. The molecule has 2 aromatic heterocycles. The van der Waals surface area contributed by atoms with E-state index in [4.69, 9.17) is 5.73 Å². The summed E-state index contributed by atoms with van der Waals surface area (Å²) in [5.74, 6) is 0. The largest absolute Gasteiger partial charge is 0.398 e. The molecule has 2 rings (SSSR count). The predicted molar refractivity (Wildman–Crippen MR) is 71.7 cm³/mol. The van der Waals surface area contributed by atoms with Crippen molar-refractivity contribution in [2.45, 2.75) is 17.7 Å². The monoisotopic (exact) mass is 283 g/mol. The van der Waals surface area contributed by atoms with Crippen LogP contribution in [0.3, 0.4) is 0 Å². The Hall–Kier alpha value is -1.44. The Labute approximate surface area is 110 Å². The fourth-order valence-electron chi connectivity index (χ4n) is 1.41. The first-order valence-corrected chi connectivity index (χ1v) is 7.60. The lowest BCUT2D eigenvalue weighted by molar-refractivity contribution is 0.582. The van der Waals surface area contributed by atoms with Crippen molar-refractivity contribution in [3.63, 3.8) is 0 Å². The number of anilines is 1. The molecule has 0 aliphatic heterocycles. The summed E-state index contributed by atoms with van der Waals surface area (Å²) in [5, 5.41) is 1.60. The highest BCUT2D eigenvalue weighted by molar-refractivity contribution is 7.91. The van der Waals surface area contributed by atoms with Crippen molar-refractivity contribution >= 4 is 27.0 Å². The molecule has 18 heavy (non-hydrogen) atoms. The molecule has 0 saturated heterocycles. The lowest BCUT2D eigenvalue weighted by Crippen LogP contribution is -2.23. The molecule has 0 unspecified atom stereocenters. The minimum absolute atomic E-state index is 0.168. The van der Waals surface area contributed by atoms with Gasteiger partial charge in [-0.25, -0.2) is 13.1 Å². The molecule has 0 amide bonds. The Kier molecular flexibility index (Phi) is 3.65. The van der Waals surface area contributed by atoms with Crippen molar-refractivity contribution < 1.29 is 8.42 Å². The molecule has 96 valence electrons. The minimum atomic E-state index is -3.50. The zero-order valence-electron chi connectivity index (χ0n) is 9.75. The van der Waals surface area contributed by atoms with Crippen molar-refractivity contribution in [1.29, 1.82) is 0 Å². The summed E-state index contributed by atoms with van der Waals surface area (Å²) in [5.41, 5.74) is 7.50. The molecule has 2 aromatic rings. The molecule has 0 atom stereocenters. The second-order valence-electron chi connectivity index (χ2n) is 3.79. The second-order valence-corrected chi connectivity index (χ2v) is 6.70. The van der Waals surface area contributed by atoms with Crippen molar-refractivity contribution in [2.75, 3.05) is 5.73 Å². The Morgan fingerprint density at radius 1 is 1.44 bits per heavy atom. The highest BCUT2D eigenvalue weighted by Crippen LogP contribution is 2.21. The number of nitrogen functional groups attached to an aromatic ring is 1. The molecule has 0 aliphatic rings. The maximum Gasteiger partial charge on any atom is 0.250 e. The van der Waals surface area contributed by atoms with Gasteiger partial charge in [-0.15, -0.1) is 11.3 Å². The molecule has 0 aliphatic carbocycles. The number of aromatic nitrogens is 1. The Morgan fingerprint density at radius 3 is 2.83 bits per heavy atom. The molecule has 0 aromatic carbocycles. The summed E-state index contributed by atoms with van der Waals surface area (Å²) >= 11 is 1.10. The lowest BCUT2D eigenvalue weighted by Gasteiger charge is -2.04. The number of sulfonamides is 1. The van der Waals surface area contributed by atoms with Crippen LogP contribution in [-0.4, -0.2) is 13.4 Å². The highest BCUT2D eigenvalue weighted by Gasteiger charge is 2.16. The Morgan fingerprint density at radius 2 is 2.22 bits per heavy atom. The molecule has 7 heteroatoms. The number of nitrogens with one attached hydrogen (secondary N) is 1. The molecular formula is C11H13N3O2S2. The van der Waals surface area contributed by atoms with Crippen LogP contribution in [0.25, 0.3) is 0 Å². The van der Waals surface area contributed by atoms with Gasteiger partial charge in [0.05, 0.1) is 12.2 Å². The van der Waals surface area contributed by atoms with E-state index in [1.54, 1.807) is 11.4 Å². The van der Waals surface area contributed by atoms with Gasteiger partial charge in [0.2, 0.25) is 10.0 Å². The molecule has 0 spiro atoms. The standard InChI is InChI=1S/C11H13N3O2S2/c1-8-3-2-4-10(14-8)6-13-18(15,16)11-5-9(12)7-17-11/h2-5,7,13H,6,12H2,1H3. The van der Waals surface area contributed by atoms with Crippen LogP contribution in [0, 0.1) is 6.92 Å². The van der Waals surface area contributed by atoms with Crippen molar-refractivity contribution in [2.24, 2.45) is 0 Å². The highest BCUT2D eigenvalue weighted by atomic mass is 32.2. The number of rotatable bonds is 4.